The van der Waals surface area contributed by atoms with E-state index < -0.39 is 0 Å². The van der Waals surface area contributed by atoms with Gasteiger partial charge in [-0.05, 0) is 48.0 Å². The molecule has 116 valence electrons. The Labute approximate surface area is 137 Å². The lowest BCUT2D eigenvalue weighted by Crippen LogP contribution is -2.12. The smallest absolute Gasteiger partial charge is 0.276 e. The van der Waals surface area contributed by atoms with Gasteiger partial charge in [0.15, 0.2) is 5.69 Å². The molecule has 0 aliphatic heterocycles. The van der Waals surface area contributed by atoms with Gasteiger partial charge in [0.2, 0.25) is 0 Å². The van der Waals surface area contributed by atoms with E-state index in [1.807, 2.05) is 24.3 Å². The van der Waals surface area contributed by atoms with Crippen LogP contribution < -0.4 is 5.32 Å². The molecule has 0 aliphatic rings. The molecule has 1 heterocycles. The molecule has 0 saturated heterocycles. The number of nitrogens with one attached hydrogen (secondary N) is 2. The van der Waals surface area contributed by atoms with Gasteiger partial charge in [-0.25, -0.2) is 4.39 Å². The Balaban J connectivity index is 1.67. The summed E-state index contributed by atoms with van der Waals surface area (Å²) < 4.78 is 12.8. The highest BCUT2D eigenvalue weighted by atomic mass is 35.5. The molecule has 0 radical (unpaired) electrons. The molecule has 1 aromatic heterocycles. The van der Waals surface area contributed by atoms with E-state index in [2.05, 4.69) is 15.5 Å². The highest BCUT2D eigenvalue weighted by Crippen LogP contribution is 2.14. The summed E-state index contributed by atoms with van der Waals surface area (Å²) in [4.78, 5) is 12.1. The summed E-state index contributed by atoms with van der Waals surface area (Å²) in [7, 11) is 0. The van der Waals surface area contributed by atoms with Gasteiger partial charge >= 0.3 is 0 Å². The lowest BCUT2D eigenvalue weighted by Gasteiger charge is -2.02. The van der Waals surface area contributed by atoms with Crippen molar-refractivity contribution in [2.24, 2.45) is 0 Å². The molecule has 23 heavy (non-hydrogen) atoms. The van der Waals surface area contributed by atoms with E-state index in [9.17, 15) is 9.18 Å². The number of anilines is 1. The number of H-pyrrole nitrogens is 1. The van der Waals surface area contributed by atoms with Crippen LogP contribution in [0.1, 0.15) is 21.7 Å². The van der Waals surface area contributed by atoms with Crippen molar-refractivity contribution in [2.75, 3.05) is 5.32 Å². The number of halogens is 2. The summed E-state index contributed by atoms with van der Waals surface area (Å²) in [5, 5.41) is 10.2. The summed E-state index contributed by atoms with van der Waals surface area (Å²) >= 11 is 5.85. The van der Waals surface area contributed by atoms with Crippen LogP contribution in [-0.4, -0.2) is 16.1 Å². The van der Waals surface area contributed by atoms with Crippen molar-refractivity contribution in [3.8, 4) is 0 Å². The van der Waals surface area contributed by atoms with Gasteiger partial charge in [0.1, 0.15) is 5.82 Å². The molecule has 2 aromatic carbocycles. The third-order valence-electron chi connectivity index (χ3n) is 3.27. The molecule has 6 heteroatoms. The molecule has 0 atom stereocenters. The van der Waals surface area contributed by atoms with Crippen molar-refractivity contribution in [3.05, 3.63) is 82.4 Å². The van der Waals surface area contributed by atoms with Gasteiger partial charge in [0, 0.05) is 22.8 Å². The normalized spacial score (nSPS) is 10.5. The SMILES string of the molecule is O=C(Nc1ccc(F)cc1)c1cc(Cc2ccc(Cl)cc2)[nH]n1. The number of aromatic nitrogens is 2. The maximum absolute atomic E-state index is 12.8. The standard InChI is InChI=1S/C17H13ClFN3O/c18-12-3-1-11(2-4-12)9-15-10-16(22-21-15)17(23)20-14-7-5-13(19)6-8-14/h1-8,10H,9H2,(H,20,23)(H,21,22). The van der Waals surface area contributed by atoms with Crippen LogP contribution in [0.4, 0.5) is 10.1 Å². The van der Waals surface area contributed by atoms with E-state index in [1.54, 1.807) is 6.07 Å². The van der Waals surface area contributed by atoms with Crippen molar-refractivity contribution in [3.63, 3.8) is 0 Å². The number of hydrogen-bond donors (Lipinski definition) is 2. The first-order valence-corrected chi connectivity index (χ1v) is 7.33. The minimum absolute atomic E-state index is 0.276. The molecule has 0 aliphatic carbocycles. The Bertz CT molecular complexity index is 813. The largest absolute Gasteiger partial charge is 0.321 e. The van der Waals surface area contributed by atoms with Crippen molar-refractivity contribution in [2.45, 2.75) is 6.42 Å². The molecule has 0 bridgehead atoms. The molecule has 4 nitrogen and oxygen atoms in total. The molecular formula is C17H13ClFN3O. The van der Waals surface area contributed by atoms with Crippen LogP contribution in [0.2, 0.25) is 5.02 Å². The van der Waals surface area contributed by atoms with Crippen LogP contribution in [0.3, 0.4) is 0 Å². The van der Waals surface area contributed by atoms with Crippen molar-refractivity contribution in [1.82, 2.24) is 10.2 Å². The molecule has 3 aromatic rings. The van der Waals surface area contributed by atoms with Crippen molar-refractivity contribution >= 4 is 23.2 Å². The highest BCUT2D eigenvalue weighted by Gasteiger charge is 2.11. The van der Waals surface area contributed by atoms with E-state index in [0.717, 1.165) is 11.3 Å². The van der Waals surface area contributed by atoms with Crippen LogP contribution in [0.25, 0.3) is 0 Å². The van der Waals surface area contributed by atoms with Gasteiger partial charge in [-0.1, -0.05) is 23.7 Å². The molecule has 2 N–H and O–H groups in total. The first-order valence-electron chi connectivity index (χ1n) is 6.96. The summed E-state index contributed by atoms with van der Waals surface area (Å²) in [6.45, 7) is 0. The lowest BCUT2D eigenvalue weighted by atomic mass is 10.1. The average Bonchev–Trinajstić information content (AvgIpc) is 3.00. The van der Waals surface area contributed by atoms with Gasteiger partial charge in [-0.2, -0.15) is 5.10 Å². The first-order chi connectivity index (χ1) is 11.1. The molecular weight excluding hydrogens is 317 g/mol. The average molecular weight is 330 g/mol. The number of aromatic amines is 1. The molecule has 0 fully saturated rings. The molecule has 3 rings (SSSR count). The fraction of sp³-hybridized carbons (Fsp3) is 0.0588. The number of carbonyl (C=O) groups excluding carboxylic acids is 1. The number of benzene rings is 2. The minimum atomic E-state index is -0.354. The second kappa shape index (κ2) is 6.62. The third-order valence-corrected chi connectivity index (χ3v) is 3.53. The Kier molecular flexibility index (Phi) is 4.39. The zero-order valence-electron chi connectivity index (χ0n) is 12.0. The predicted molar refractivity (Wildman–Crippen MR) is 87.2 cm³/mol. The van der Waals surface area contributed by atoms with E-state index in [4.69, 9.17) is 11.6 Å². The van der Waals surface area contributed by atoms with E-state index in [-0.39, 0.29) is 17.4 Å². The van der Waals surface area contributed by atoms with Crippen LogP contribution in [0.15, 0.2) is 54.6 Å². The molecule has 0 saturated carbocycles. The zero-order valence-corrected chi connectivity index (χ0v) is 12.8. The number of hydrogen-bond acceptors (Lipinski definition) is 2. The first kappa shape index (κ1) is 15.2. The van der Waals surface area contributed by atoms with Crippen LogP contribution in [0, 0.1) is 5.82 Å². The van der Waals surface area contributed by atoms with Gasteiger partial charge in [-0.3, -0.25) is 9.89 Å². The van der Waals surface area contributed by atoms with Crippen LogP contribution in [-0.2, 0) is 6.42 Å². The number of carbonyl (C=O) groups is 1. The monoisotopic (exact) mass is 329 g/mol. The lowest BCUT2D eigenvalue weighted by molar-refractivity contribution is 0.102. The summed E-state index contributed by atoms with van der Waals surface area (Å²) in [5.74, 6) is -0.705. The summed E-state index contributed by atoms with van der Waals surface area (Å²) in [6, 6.07) is 14.7. The zero-order chi connectivity index (χ0) is 16.2. The highest BCUT2D eigenvalue weighted by molar-refractivity contribution is 6.30. The van der Waals surface area contributed by atoms with E-state index >= 15 is 0 Å². The van der Waals surface area contributed by atoms with Gasteiger partial charge in [-0.15, -0.1) is 0 Å². The second-order valence-corrected chi connectivity index (χ2v) is 5.48. The summed E-state index contributed by atoms with van der Waals surface area (Å²) in [6.07, 6.45) is 0.619. The van der Waals surface area contributed by atoms with Crippen molar-refractivity contribution < 1.29 is 9.18 Å². The topological polar surface area (TPSA) is 57.8 Å². The van der Waals surface area contributed by atoms with Gasteiger partial charge in [0.25, 0.3) is 5.91 Å². The van der Waals surface area contributed by atoms with Gasteiger partial charge in [0.05, 0.1) is 0 Å². The quantitative estimate of drug-likeness (QED) is 0.758. The molecule has 0 unspecified atom stereocenters. The Morgan fingerprint density at radius 1 is 1.13 bits per heavy atom. The predicted octanol–water partition coefficient (Wildman–Crippen LogP) is 4.05. The maximum atomic E-state index is 12.8. The maximum Gasteiger partial charge on any atom is 0.276 e. The van der Waals surface area contributed by atoms with Crippen LogP contribution in [0.5, 0.6) is 0 Å². The fourth-order valence-corrected chi connectivity index (χ4v) is 2.25. The fourth-order valence-electron chi connectivity index (χ4n) is 2.12. The number of nitrogens with zero attached hydrogens (tertiary/aromatic N) is 1. The molecule has 1 amide bonds. The Morgan fingerprint density at radius 3 is 2.52 bits per heavy atom. The number of rotatable bonds is 4. The van der Waals surface area contributed by atoms with Crippen molar-refractivity contribution in [1.29, 1.82) is 0 Å². The second-order valence-electron chi connectivity index (χ2n) is 5.04. The van der Waals surface area contributed by atoms with Crippen LogP contribution >= 0.6 is 11.6 Å². The minimum Gasteiger partial charge on any atom is -0.321 e. The molecule has 0 spiro atoms. The summed E-state index contributed by atoms with van der Waals surface area (Å²) in [5.41, 5.74) is 2.66. The Morgan fingerprint density at radius 2 is 1.83 bits per heavy atom. The number of amides is 1. The van der Waals surface area contributed by atoms with E-state index in [1.165, 1.54) is 24.3 Å². The third kappa shape index (κ3) is 3.96. The Hall–Kier alpha value is -2.66. The van der Waals surface area contributed by atoms with Gasteiger partial charge < -0.3 is 5.32 Å². The van der Waals surface area contributed by atoms with E-state index in [0.29, 0.717) is 17.1 Å².